The maximum atomic E-state index is 13.0. The van der Waals surface area contributed by atoms with Gasteiger partial charge in [-0.05, 0) is 30.7 Å². The van der Waals surface area contributed by atoms with E-state index in [0.29, 0.717) is 10.2 Å². The van der Waals surface area contributed by atoms with E-state index in [-0.39, 0.29) is 34.0 Å². The van der Waals surface area contributed by atoms with Crippen LogP contribution in [0.2, 0.25) is 0 Å². The summed E-state index contributed by atoms with van der Waals surface area (Å²) in [6, 6.07) is 8.54. The van der Waals surface area contributed by atoms with Crippen molar-refractivity contribution in [1.29, 1.82) is 0 Å². The Hall–Kier alpha value is -3.09. The Kier molecular flexibility index (Phi) is 6.53. The number of aryl methyl sites for hydroxylation is 1. The monoisotopic (exact) mass is 465 g/mol. The summed E-state index contributed by atoms with van der Waals surface area (Å²) in [5.41, 5.74) is 0.605. The number of sulfonamides is 1. The van der Waals surface area contributed by atoms with Crippen molar-refractivity contribution in [3.05, 3.63) is 67.8 Å². The molecule has 3 aromatic rings. The van der Waals surface area contributed by atoms with Crippen LogP contribution in [0.1, 0.15) is 24.9 Å². The Balaban J connectivity index is 1.99. The van der Waals surface area contributed by atoms with Crippen molar-refractivity contribution in [3.63, 3.8) is 0 Å². The highest BCUT2D eigenvalue weighted by Crippen LogP contribution is 2.26. The van der Waals surface area contributed by atoms with Crippen LogP contribution in [0.3, 0.4) is 0 Å². The van der Waals surface area contributed by atoms with Gasteiger partial charge in [0.05, 0.1) is 39.1 Å². The first-order valence-corrected chi connectivity index (χ1v) is 11.4. The normalized spacial score (nSPS) is 12.6. The van der Waals surface area contributed by atoms with Crippen LogP contribution in [-0.2, 0) is 26.6 Å². The highest BCUT2D eigenvalue weighted by molar-refractivity contribution is 7.89. The molecule has 3 rings (SSSR count). The van der Waals surface area contributed by atoms with E-state index in [1.807, 2.05) is 0 Å². The molecule has 0 radical (unpaired) electrons. The molecule has 0 aliphatic carbocycles. The molecule has 0 spiro atoms. The highest BCUT2D eigenvalue weighted by atomic mass is 32.2. The van der Waals surface area contributed by atoms with Crippen molar-refractivity contribution in [2.45, 2.75) is 24.3 Å². The van der Waals surface area contributed by atoms with Crippen LogP contribution in [0.15, 0.2) is 52.2 Å². The molecule has 0 fully saturated rings. The molecule has 1 aromatic heterocycles. The number of fused-ring (bicyclic) bond motifs is 1. The number of esters is 1. The molecule has 10 nitrogen and oxygen atoms in total. The number of hydrogen-bond acceptors (Lipinski definition) is 8. The first-order chi connectivity index (χ1) is 14.6. The van der Waals surface area contributed by atoms with Crippen LogP contribution < -0.4 is 9.60 Å². The number of carbonyl (C=O) groups excluding carboxylic acids is 1. The van der Waals surface area contributed by atoms with Gasteiger partial charge in [0.25, 0.3) is 5.69 Å². The molecule has 0 aliphatic rings. The summed E-state index contributed by atoms with van der Waals surface area (Å²) in [5, 5.41) is 11.1. The Morgan fingerprint density at radius 1 is 1.29 bits per heavy atom. The third kappa shape index (κ3) is 4.98. The van der Waals surface area contributed by atoms with Gasteiger partial charge in [0.15, 0.2) is 0 Å². The molecule has 1 heterocycles. The van der Waals surface area contributed by atoms with Gasteiger partial charge < -0.3 is 9.30 Å². The number of rotatable bonds is 8. The van der Waals surface area contributed by atoms with Gasteiger partial charge in [0.1, 0.15) is 0 Å². The zero-order chi connectivity index (χ0) is 22.8. The topological polar surface area (TPSA) is 138 Å². The predicted molar refractivity (Wildman–Crippen MR) is 114 cm³/mol. The first-order valence-electron chi connectivity index (χ1n) is 9.14. The van der Waals surface area contributed by atoms with Gasteiger partial charge in [0, 0.05) is 19.2 Å². The molecule has 2 aromatic carbocycles. The van der Waals surface area contributed by atoms with Gasteiger partial charge in [-0.2, -0.15) is 0 Å². The van der Waals surface area contributed by atoms with E-state index in [2.05, 4.69) is 4.72 Å². The quantitative estimate of drug-likeness (QED) is 0.306. The van der Waals surface area contributed by atoms with Gasteiger partial charge >= 0.3 is 10.8 Å². The number of nitro benzene ring substituents is 1. The fourth-order valence-electron chi connectivity index (χ4n) is 3.01. The second-order valence-corrected chi connectivity index (χ2v) is 9.30. The molecule has 0 aliphatic heterocycles. The van der Waals surface area contributed by atoms with Crippen LogP contribution in [-0.4, -0.2) is 30.5 Å². The van der Waals surface area contributed by atoms with Gasteiger partial charge in [-0.3, -0.25) is 19.7 Å². The standard InChI is InChI=1S/C19H19N3O7S2/c1-3-29-18(23)11-15(12-5-4-6-13(9-12)22(25)26)20-31(27,28)14-7-8-16-17(10-14)30-19(24)21(16)2/h4-10,15,20H,3,11H2,1-2H3/t15-/m0/s1. The Labute approximate surface area is 181 Å². The van der Waals surface area contributed by atoms with Gasteiger partial charge in [0.2, 0.25) is 10.0 Å². The fourth-order valence-corrected chi connectivity index (χ4v) is 5.25. The fraction of sp³-hybridized carbons (Fsp3) is 0.263. The maximum absolute atomic E-state index is 13.0. The maximum Gasteiger partial charge on any atom is 0.307 e. The Morgan fingerprint density at radius 3 is 2.71 bits per heavy atom. The van der Waals surface area contributed by atoms with Crippen LogP contribution >= 0.6 is 11.3 Å². The summed E-state index contributed by atoms with van der Waals surface area (Å²) in [6.45, 7) is 1.72. The molecular weight excluding hydrogens is 446 g/mol. The third-order valence-corrected chi connectivity index (χ3v) is 7.00. The Morgan fingerprint density at radius 2 is 2.03 bits per heavy atom. The number of aromatic nitrogens is 1. The number of non-ortho nitro benzene ring substituents is 1. The van der Waals surface area contributed by atoms with Crippen LogP contribution in [0.5, 0.6) is 0 Å². The minimum Gasteiger partial charge on any atom is -0.466 e. The average molecular weight is 466 g/mol. The lowest BCUT2D eigenvalue weighted by Crippen LogP contribution is -2.30. The average Bonchev–Trinajstić information content (AvgIpc) is 3.01. The highest BCUT2D eigenvalue weighted by Gasteiger charge is 2.26. The number of benzene rings is 2. The van der Waals surface area contributed by atoms with E-state index in [4.69, 9.17) is 4.74 Å². The van der Waals surface area contributed by atoms with E-state index in [1.54, 1.807) is 14.0 Å². The minimum absolute atomic E-state index is 0.0962. The Bertz CT molecular complexity index is 1310. The smallest absolute Gasteiger partial charge is 0.307 e. The third-order valence-electron chi connectivity index (χ3n) is 4.53. The lowest BCUT2D eigenvalue weighted by molar-refractivity contribution is -0.384. The summed E-state index contributed by atoms with van der Waals surface area (Å²) in [4.78, 5) is 34.1. The molecule has 164 valence electrons. The number of carbonyl (C=O) groups is 1. The molecule has 1 atom stereocenters. The summed E-state index contributed by atoms with van der Waals surface area (Å²) in [5.74, 6) is -0.654. The van der Waals surface area contributed by atoms with Crippen molar-refractivity contribution < 1.29 is 22.9 Å². The van der Waals surface area contributed by atoms with E-state index in [0.717, 1.165) is 11.3 Å². The molecule has 0 unspecified atom stereocenters. The zero-order valence-electron chi connectivity index (χ0n) is 16.6. The van der Waals surface area contributed by atoms with Crippen molar-refractivity contribution in [2.24, 2.45) is 7.05 Å². The lowest BCUT2D eigenvalue weighted by Gasteiger charge is -2.18. The summed E-state index contributed by atoms with van der Waals surface area (Å²) in [6.07, 6.45) is -0.352. The van der Waals surface area contributed by atoms with Gasteiger partial charge in [-0.1, -0.05) is 23.5 Å². The molecule has 0 amide bonds. The van der Waals surface area contributed by atoms with E-state index in [1.165, 1.54) is 47.0 Å². The SMILES string of the molecule is CCOC(=O)C[C@H](NS(=O)(=O)c1ccc2c(c1)sc(=O)n2C)c1cccc([N+](=O)[O-])c1. The molecule has 31 heavy (non-hydrogen) atoms. The summed E-state index contributed by atoms with van der Waals surface area (Å²) in [7, 11) is -2.54. The largest absolute Gasteiger partial charge is 0.466 e. The molecular formula is C19H19N3O7S2. The van der Waals surface area contributed by atoms with Crippen molar-refractivity contribution in [2.75, 3.05) is 6.61 Å². The molecule has 12 heteroatoms. The van der Waals surface area contributed by atoms with Crippen molar-refractivity contribution in [1.82, 2.24) is 9.29 Å². The number of nitrogens with zero attached hydrogens (tertiary/aromatic N) is 2. The lowest BCUT2D eigenvalue weighted by atomic mass is 10.0. The van der Waals surface area contributed by atoms with E-state index >= 15 is 0 Å². The number of thiazole rings is 1. The summed E-state index contributed by atoms with van der Waals surface area (Å²) >= 11 is 0.913. The number of ether oxygens (including phenoxy) is 1. The summed E-state index contributed by atoms with van der Waals surface area (Å²) < 4.78 is 35.3. The predicted octanol–water partition coefficient (Wildman–Crippen LogP) is 2.48. The van der Waals surface area contributed by atoms with E-state index < -0.39 is 27.0 Å². The number of nitro groups is 1. The minimum atomic E-state index is -4.13. The van der Waals surface area contributed by atoms with Crippen LogP contribution in [0, 0.1) is 10.1 Å². The number of hydrogen-bond donors (Lipinski definition) is 1. The van der Waals surface area contributed by atoms with Gasteiger partial charge in [-0.15, -0.1) is 0 Å². The van der Waals surface area contributed by atoms with E-state index in [9.17, 15) is 28.1 Å². The number of nitrogens with one attached hydrogen (secondary N) is 1. The van der Waals surface area contributed by atoms with Crippen LogP contribution in [0.25, 0.3) is 10.2 Å². The zero-order valence-corrected chi connectivity index (χ0v) is 18.2. The van der Waals surface area contributed by atoms with Crippen molar-refractivity contribution >= 4 is 43.2 Å². The second kappa shape index (κ2) is 8.96. The molecule has 1 N–H and O–H groups in total. The van der Waals surface area contributed by atoms with Gasteiger partial charge in [-0.25, -0.2) is 13.1 Å². The first kappa shape index (κ1) is 22.6. The molecule has 0 saturated carbocycles. The van der Waals surface area contributed by atoms with Crippen molar-refractivity contribution in [3.8, 4) is 0 Å². The second-order valence-electron chi connectivity index (χ2n) is 6.59. The van der Waals surface area contributed by atoms with Crippen LogP contribution in [0.4, 0.5) is 5.69 Å². The molecule has 0 bridgehead atoms. The molecule has 0 saturated heterocycles.